The van der Waals surface area contributed by atoms with Crippen LogP contribution in [0, 0.1) is 0 Å². The molecule has 0 spiro atoms. The summed E-state index contributed by atoms with van der Waals surface area (Å²) < 4.78 is 8.07. The molecular weight excluding hydrogens is 488 g/mol. The Morgan fingerprint density at radius 2 is 1.90 bits per heavy atom. The normalized spacial score (nSPS) is 14.6. The molecule has 0 radical (unpaired) electrons. The Morgan fingerprint density at radius 3 is 2.59 bits per heavy atom. The molecule has 1 unspecified atom stereocenters. The summed E-state index contributed by atoms with van der Waals surface area (Å²) in [6, 6.07) is 15.1. The quantitative estimate of drug-likeness (QED) is 0.206. The van der Waals surface area contributed by atoms with Gasteiger partial charge < -0.3 is 31.2 Å². The number of hydrogen-bond donors (Lipinski definition) is 4. The van der Waals surface area contributed by atoms with Gasteiger partial charge in [-0.05, 0) is 55.0 Å². The molecule has 1 aliphatic rings. The Labute approximate surface area is 232 Å². The smallest absolute Gasteiger partial charge is 0.222 e. The number of benzene rings is 2. The third-order valence-corrected chi connectivity index (χ3v) is 6.88. The fourth-order valence-electron chi connectivity index (χ4n) is 5.01. The summed E-state index contributed by atoms with van der Waals surface area (Å²) in [5.41, 5.74) is 18.9. The summed E-state index contributed by atoms with van der Waals surface area (Å²) in [4.78, 5) is 9.24. The number of allylic oxidation sites excluding steroid dienone is 1. The van der Waals surface area contributed by atoms with Crippen LogP contribution in [0.1, 0.15) is 64.0 Å². The predicted octanol–water partition coefficient (Wildman–Crippen LogP) is 5.96. The molecule has 0 bridgehead atoms. The zero-order valence-electron chi connectivity index (χ0n) is 24.0. The third-order valence-electron chi connectivity index (χ3n) is 6.88. The van der Waals surface area contributed by atoms with Crippen LogP contribution in [0.4, 0.5) is 11.8 Å². The highest BCUT2D eigenvalue weighted by molar-refractivity contribution is 6.09. The van der Waals surface area contributed by atoms with E-state index < -0.39 is 0 Å². The number of aliphatic hydroxyl groups excluding tert-OH is 1. The van der Waals surface area contributed by atoms with Crippen LogP contribution in [-0.2, 0) is 6.54 Å². The van der Waals surface area contributed by atoms with E-state index in [4.69, 9.17) is 21.3 Å². The van der Waals surface area contributed by atoms with Gasteiger partial charge in [-0.25, -0.2) is 4.98 Å². The molecule has 2 heterocycles. The SMILES string of the molecule is CC.CCCCNc1nc(N)nc2c3ccccc3n(Cc3cc(C4=CCC(N)CC4)ccc3OC)c12.CO. The maximum atomic E-state index is 7.00. The fraction of sp³-hybridized carbons (Fsp3) is 0.419. The highest BCUT2D eigenvalue weighted by Crippen LogP contribution is 2.35. The largest absolute Gasteiger partial charge is 0.496 e. The zero-order valence-corrected chi connectivity index (χ0v) is 24.0. The van der Waals surface area contributed by atoms with Crippen molar-refractivity contribution in [2.24, 2.45) is 5.73 Å². The molecule has 0 fully saturated rings. The molecule has 39 heavy (non-hydrogen) atoms. The lowest BCUT2D eigenvalue weighted by Gasteiger charge is -2.20. The second-order valence-electron chi connectivity index (χ2n) is 9.30. The van der Waals surface area contributed by atoms with E-state index in [0.29, 0.717) is 6.54 Å². The first-order chi connectivity index (χ1) is 19.1. The highest BCUT2D eigenvalue weighted by Gasteiger charge is 2.20. The van der Waals surface area contributed by atoms with Gasteiger partial charge in [0.1, 0.15) is 16.8 Å². The lowest BCUT2D eigenvalue weighted by molar-refractivity contribution is 0.399. The minimum Gasteiger partial charge on any atom is -0.496 e. The molecule has 6 N–H and O–H groups in total. The van der Waals surface area contributed by atoms with Gasteiger partial charge in [-0.3, -0.25) is 0 Å². The monoisotopic (exact) mass is 532 g/mol. The predicted molar refractivity (Wildman–Crippen MR) is 164 cm³/mol. The van der Waals surface area contributed by atoms with Crippen LogP contribution in [0.2, 0.25) is 0 Å². The molecule has 1 aliphatic carbocycles. The molecule has 2 aromatic carbocycles. The number of nitrogens with zero attached hydrogens (tertiary/aromatic N) is 3. The number of rotatable bonds is 8. The Hall–Kier alpha value is -3.62. The number of nitrogens with two attached hydrogens (primary N) is 2. The number of hydrogen-bond acceptors (Lipinski definition) is 7. The molecule has 0 aliphatic heterocycles. The van der Waals surface area contributed by atoms with Crippen LogP contribution in [0.3, 0.4) is 0 Å². The molecular formula is C31H44N6O2. The number of nitrogens with one attached hydrogen (secondary N) is 1. The lowest BCUT2D eigenvalue weighted by atomic mass is 9.90. The van der Waals surface area contributed by atoms with Crippen molar-refractivity contribution in [3.05, 3.63) is 59.7 Å². The molecule has 0 amide bonds. The van der Waals surface area contributed by atoms with E-state index >= 15 is 0 Å². The Balaban J connectivity index is 0.00000100. The van der Waals surface area contributed by atoms with E-state index in [2.05, 4.69) is 69.2 Å². The maximum absolute atomic E-state index is 7.00. The van der Waals surface area contributed by atoms with Gasteiger partial charge in [0, 0.05) is 30.6 Å². The van der Waals surface area contributed by atoms with Gasteiger partial charge in [-0.1, -0.05) is 57.5 Å². The first kappa shape index (κ1) is 29.9. The second kappa shape index (κ2) is 14.5. The van der Waals surface area contributed by atoms with Gasteiger partial charge in [-0.2, -0.15) is 4.98 Å². The van der Waals surface area contributed by atoms with E-state index in [1.807, 2.05) is 19.9 Å². The van der Waals surface area contributed by atoms with Gasteiger partial charge in [-0.15, -0.1) is 0 Å². The molecule has 8 heteroatoms. The first-order valence-corrected chi connectivity index (χ1v) is 13.9. The molecule has 2 aromatic heterocycles. The number of aromatic nitrogens is 3. The number of unbranched alkanes of at least 4 members (excludes halogenated alkanes) is 1. The van der Waals surface area contributed by atoms with E-state index in [1.54, 1.807) is 7.11 Å². The van der Waals surface area contributed by atoms with Crippen molar-refractivity contribution >= 4 is 39.3 Å². The van der Waals surface area contributed by atoms with E-state index in [0.717, 1.165) is 84.8 Å². The summed E-state index contributed by atoms with van der Waals surface area (Å²) in [5, 5.41) is 11.6. The number of aliphatic hydroxyl groups is 1. The number of para-hydroxylation sites is 1. The van der Waals surface area contributed by atoms with Crippen LogP contribution < -0.4 is 21.5 Å². The zero-order chi connectivity index (χ0) is 28.4. The summed E-state index contributed by atoms with van der Waals surface area (Å²) in [5.74, 6) is 1.92. The van der Waals surface area contributed by atoms with Crippen LogP contribution in [0.5, 0.6) is 5.75 Å². The van der Waals surface area contributed by atoms with E-state index in [1.165, 1.54) is 11.1 Å². The molecule has 5 rings (SSSR count). The Kier molecular flexibility index (Phi) is 11.1. The van der Waals surface area contributed by atoms with Gasteiger partial charge in [0.2, 0.25) is 5.95 Å². The van der Waals surface area contributed by atoms with Gasteiger partial charge >= 0.3 is 0 Å². The number of ether oxygens (including phenoxy) is 1. The fourth-order valence-corrected chi connectivity index (χ4v) is 5.01. The third kappa shape index (κ3) is 6.69. The summed E-state index contributed by atoms with van der Waals surface area (Å²) >= 11 is 0. The van der Waals surface area contributed by atoms with Crippen molar-refractivity contribution in [3.8, 4) is 5.75 Å². The lowest BCUT2D eigenvalue weighted by Crippen LogP contribution is -2.21. The minimum atomic E-state index is 0.264. The molecule has 0 saturated heterocycles. The van der Waals surface area contributed by atoms with Crippen molar-refractivity contribution in [1.29, 1.82) is 0 Å². The number of fused-ring (bicyclic) bond motifs is 3. The Bertz CT molecular complexity index is 1400. The van der Waals surface area contributed by atoms with Gasteiger partial charge in [0.05, 0.1) is 19.2 Å². The van der Waals surface area contributed by atoms with Crippen molar-refractivity contribution < 1.29 is 9.84 Å². The number of anilines is 2. The minimum absolute atomic E-state index is 0.264. The van der Waals surface area contributed by atoms with Crippen molar-refractivity contribution in [2.45, 2.75) is 65.5 Å². The molecule has 210 valence electrons. The summed E-state index contributed by atoms with van der Waals surface area (Å²) in [7, 11) is 2.73. The van der Waals surface area contributed by atoms with Crippen molar-refractivity contribution in [2.75, 3.05) is 31.8 Å². The van der Waals surface area contributed by atoms with E-state index in [-0.39, 0.29) is 12.0 Å². The number of methoxy groups -OCH3 is 1. The standard InChI is InChI=1S/C28H34N6O.C2H6.CH4O/c1-3-4-15-31-27-26-25(32-28(30)33-27)22-7-5-6-8-23(22)34(26)17-20-16-19(11-14-24(20)35-2)18-9-12-21(29)13-10-18;2*1-2/h5-9,11,14,16,21H,3-4,10,12-13,15,17,29H2,1-2H3,(H3,30,31,32,33);1-2H3;2H,1H3. The Morgan fingerprint density at radius 1 is 1.13 bits per heavy atom. The van der Waals surface area contributed by atoms with Crippen molar-refractivity contribution in [1.82, 2.24) is 14.5 Å². The van der Waals surface area contributed by atoms with Gasteiger partial charge in [0.25, 0.3) is 0 Å². The topological polar surface area (TPSA) is 124 Å². The van der Waals surface area contributed by atoms with Crippen molar-refractivity contribution in [3.63, 3.8) is 0 Å². The van der Waals surface area contributed by atoms with Gasteiger partial charge in [0.15, 0.2) is 5.82 Å². The number of nitrogen functional groups attached to an aromatic ring is 1. The van der Waals surface area contributed by atoms with E-state index in [9.17, 15) is 0 Å². The highest BCUT2D eigenvalue weighted by atomic mass is 16.5. The first-order valence-electron chi connectivity index (χ1n) is 13.9. The average molecular weight is 533 g/mol. The second-order valence-corrected chi connectivity index (χ2v) is 9.30. The van der Waals surface area contributed by atoms with Crippen LogP contribution in [-0.4, -0.2) is 46.4 Å². The summed E-state index contributed by atoms with van der Waals surface area (Å²) in [6.45, 7) is 7.64. The summed E-state index contributed by atoms with van der Waals surface area (Å²) in [6.07, 6.45) is 7.39. The molecule has 4 aromatic rings. The average Bonchev–Trinajstić information content (AvgIpc) is 3.29. The molecule has 8 nitrogen and oxygen atoms in total. The van der Waals surface area contributed by atoms with Crippen LogP contribution >= 0.6 is 0 Å². The molecule has 0 saturated carbocycles. The molecule has 1 atom stereocenters. The van der Waals surface area contributed by atoms with Crippen LogP contribution in [0.25, 0.3) is 27.5 Å². The maximum Gasteiger partial charge on any atom is 0.222 e. The van der Waals surface area contributed by atoms with Crippen LogP contribution in [0.15, 0.2) is 48.5 Å².